The fourth-order valence-corrected chi connectivity index (χ4v) is 8.73. The molecule has 3 fully saturated rings. The molecule has 17 nitrogen and oxygen atoms in total. The number of aliphatic hydroxyl groups is 2. The van der Waals surface area contributed by atoms with Gasteiger partial charge in [-0.15, -0.1) is 0 Å². The molecular weight excluding hydrogens is 793 g/mol. The summed E-state index contributed by atoms with van der Waals surface area (Å²) in [6.45, 7) is 4.03. The van der Waals surface area contributed by atoms with E-state index in [0.717, 1.165) is 11.1 Å². The first-order valence-corrected chi connectivity index (χ1v) is 21.1. The molecule has 62 heavy (non-hydrogen) atoms. The van der Waals surface area contributed by atoms with Crippen LogP contribution in [0, 0.1) is 0 Å². The second-order valence-corrected chi connectivity index (χ2v) is 16.1. The second kappa shape index (κ2) is 18.6. The number of aromatic nitrogens is 4. The zero-order valence-electron chi connectivity index (χ0n) is 34.7. The molecule has 17 heteroatoms. The molecule has 2 aromatic heterocycles. The third kappa shape index (κ3) is 9.04. The molecule has 324 valence electrons. The zero-order chi connectivity index (χ0) is 43.3. The Morgan fingerprint density at radius 2 is 1.45 bits per heavy atom. The molecule has 6 N–H and O–H groups in total. The van der Waals surface area contributed by atoms with Crippen LogP contribution in [-0.2, 0) is 9.53 Å². The molecule has 3 aromatic carbocycles. The second-order valence-electron chi connectivity index (χ2n) is 16.1. The first-order chi connectivity index (χ1) is 30.1. The molecule has 0 spiro atoms. The summed E-state index contributed by atoms with van der Waals surface area (Å²) in [4.78, 5) is 69.0. The fraction of sp³-hybridized carbons (Fsp3) is 0.400. The smallest absolute Gasteiger partial charge is 0.337 e. The minimum atomic E-state index is -1.19. The van der Waals surface area contributed by atoms with Gasteiger partial charge in [0.05, 0.1) is 31.1 Å². The summed E-state index contributed by atoms with van der Waals surface area (Å²) in [5.41, 5.74) is 4.01. The van der Waals surface area contributed by atoms with Gasteiger partial charge in [0.1, 0.15) is 12.2 Å². The molecule has 2 saturated heterocycles. The number of aliphatic hydroxyl groups excluding tert-OH is 2. The highest BCUT2D eigenvalue weighted by molar-refractivity contribution is 5.96. The van der Waals surface area contributed by atoms with E-state index in [4.69, 9.17) is 19.7 Å². The molecular formula is C45H52N10O7. The highest BCUT2D eigenvalue weighted by Gasteiger charge is 2.44. The Balaban J connectivity index is 0.979. The number of imidazole rings is 1. The van der Waals surface area contributed by atoms with Crippen LogP contribution >= 0.6 is 0 Å². The Morgan fingerprint density at radius 3 is 2.11 bits per heavy atom. The number of anilines is 2. The van der Waals surface area contributed by atoms with Crippen LogP contribution in [0.25, 0.3) is 11.2 Å². The van der Waals surface area contributed by atoms with E-state index in [1.165, 1.54) is 7.11 Å². The third-order valence-electron chi connectivity index (χ3n) is 12.1. The van der Waals surface area contributed by atoms with Crippen molar-refractivity contribution in [2.75, 3.05) is 50.1 Å². The number of fused-ring (bicyclic) bond motifs is 1. The molecule has 5 aromatic rings. The monoisotopic (exact) mass is 844 g/mol. The normalized spacial score (nSPS) is 22.2. The van der Waals surface area contributed by atoms with Crippen LogP contribution in [0.5, 0.6) is 0 Å². The van der Waals surface area contributed by atoms with Crippen molar-refractivity contribution in [2.45, 2.75) is 74.9 Å². The van der Waals surface area contributed by atoms with Gasteiger partial charge in [-0.1, -0.05) is 67.6 Å². The number of likely N-dealkylation sites (tertiary alicyclic amines) is 1. The van der Waals surface area contributed by atoms with Crippen molar-refractivity contribution in [3.63, 3.8) is 0 Å². The van der Waals surface area contributed by atoms with Gasteiger partial charge in [0.15, 0.2) is 17.0 Å². The minimum Gasteiger partial charge on any atom is -0.465 e. The summed E-state index contributed by atoms with van der Waals surface area (Å²) in [6.07, 6.45) is 0.983. The van der Waals surface area contributed by atoms with Crippen LogP contribution < -0.4 is 26.2 Å². The first-order valence-electron chi connectivity index (χ1n) is 21.1. The number of ether oxygens (including phenoxy) is 1. The SMILES string of the molecule is CCC(=O)NC1CC(n2cnc3c(NCC(c4ccccc4)c4ccccc4)nc(N4CCC(NC(=O)NC5CCN(C(=O)c6ccc(C(=O)OC)cc6)C5)C4)nc32)C(O)C1O. The molecule has 2 aliphatic heterocycles. The Kier molecular flexibility index (Phi) is 12.6. The molecule has 8 rings (SSSR count). The largest absolute Gasteiger partial charge is 0.465 e. The number of rotatable bonds is 13. The number of methoxy groups -OCH3 is 1. The average Bonchev–Trinajstić information content (AvgIpc) is 4.12. The zero-order valence-corrected chi connectivity index (χ0v) is 34.7. The molecule has 1 aliphatic carbocycles. The highest BCUT2D eigenvalue weighted by Crippen LogP contribution is 2.36. The fourth-order valence-electron chi connectivity index (χ4n) is 8.73. The number of amides is 4. The average molecular weight is 845 g/mol. The molecule has 1 saturated carbocycles. The minimum absolute atomic E-state index is 0.0220. The summed E-state index contributed by atoms with van der Waals surface area (Å²) in [5, 5.41) is 34.8. The third-order valence-corrected chi connectivity index (χ3v) is 12.1. The van der Waals surface area contributed by atoms with E-state index in [1.807, 2.05) is 41.3 Å². The van der Waals surface area contributed by atoms with Crippen molar-refractivity contribution in [3.05, 3.63) is 114 Å². The standard InChI is InChI=1S/C45H52N10O7/c1-3-36(56)50-34-22-35(39(58)38(34)57)55-26-47-37-40(46-23-33(27-10-6-4-7-11-27)28-12-8-5-9-13-28)51-44(52-41(37)55)54-21-19-32(25-54)49-45(61)48-31-18-20-53(24-31)42(59)29-14-16-30(17-15-29)43(60)62-2/h4-17,26,31-35,38-39,57-58H,3,18-25H2,1-2H3,(H,50,56)(H,46,51,52)(H2,48,49,61). The summed E-state index contributed by atoms with van der Waals surface area (Å²) >= 11 is 0. The van der Waals surface area contributed by atoms with Crippen LogP contribution in [0.1, 0.15) is 76.4 Å². The Bertz CT molecular complexity index is 2340. The number of hydrogen-bond donors (Lipinski definition) is 6. The molecule has 0 bridgehead atoms. The van der Waals surface area contributed by atoms with Crippen molar-refractivity contribution in [1.29, 1.82) is 0 Å². The Hall–Kier alpha value is -6.59. The summed E-state index contributed by atoms with van der Waals surface area (Å²) in [7, 11) is 1.30. The predicted molar refractivity (Wildman–Crippen MR) is 231 cm³/mol. The van der Waals surface area contributed by atoms with Crippen molar-refractivity contribution < 1.29 is 34.1 Å². The topological polar surface area (TPSA) is 216 Å². The maximum Gasteiger partial charge on any atom is 0.337 e. The van der Waals surface area contributed by atoms with Crippen LogP contribution in [0.3, 0.4) is 0 Å². The van der Waals surface area contributed by atoms with Gasteiger partial charge < -0.3 is 50.6 Å². The molecule has 0 radical (unpaired) electrons. The van der Waals surface area contributed by atoms with Crippen molar-refractivity contribution in [2.24, 2.45) is 0 Å². The Morgan fingerprint density at radius 1 is 0.806 bits per heavy atom. The number of carbonyl (C=O) groups is 4. The number of nitrogens with one attached hydrogen (secondary N) is 4. The van der Waals surface area contributed by atoms with Crippen LogP contribution in [0.4, 0.5) is 16.6 Å². The number of nitrogens with zero attached hydrogens (tertiary/aromatic N) is 6. The van der Waals surface area contributed by atoms with E-state index < -0.39 is 30.3 Å². The molecule has 6 unspecified atom stereocenters. The van der Waals surface area contributed by atoms with Crippen molar-refractivity contribution in [3.8, 4) is 0 Å². The highest BCUT2D eigenvalue weighted by atomic mass is 16.5. The predicted octanol–water partition coefficient (Wildman–Crippen LogP) is 3.21. The lowest BCUT2D eigenvalue weighted by molar-refractivity contribution is -0.122. The lowest BCUT2D eigenvalue weighted by Crippen LogP contribution is -2.48. The van der Waals surface area contributed by atoms with Crippen LogP contribution in [-0.4, -0.2) is 129 Å². The van der Waals surface area contributed by atoms with Gasteiger partial charge in [-0.05, 0) is 54.7 Å². The van der Waals surface area contributed by atoms with Gasteiger partial charge in [0.2, 0.25) is 11.9 Å². The maximum absolute atomic E-state index is 13.3. The lowest BCUT2D eigenvalue weighted by Gasteiger charge is -2.22. The quantitative estimate of drug-likeness (QED) is 0.0943. The molecule has 3 aliphatic rings. The van der Waals surface area contributed by atoms with Gasteiger partial charge in [0, 0.05) is 62.7 Å². The number of hydrogen-bond acceptors (Lipinski definition) is 12. The van der Waals surface area contributed by atoms with E-state index in [2.05, 4.69) is 45.5 Å². The van der Waals surface area contributed by atoms with Crippen LogP contribution in [0.2, 0.25) is 0 Å². The van der Waals surface area contributed by atoms with Gasteiger partial charge in [-0.3, -0.25) is 9.59 Å². The summed E-state index contributed by atoms with van der Waals surface area (Å²) in [6, 6.07) is 24.7. The van der Waals surface area contributed by atoms with Gasteiger partial charge in [-0.25, -0.2) is 14.6 Å². The number of benzene rings is 3. The lowest BCUT2D eigenvalue weighted by atomic mass is 9.91. The number of esters is 1. The first kappa shape index (κ1) is 42.1. The molecule has 6 atom stereocenters. The molecule has 4 heterocycles. The van der Waals surface area contributed by atoms with Gasteiger partial charge in [0.25, 0.3) is 5.91 Å². The number of carbonyl (C=O) groups excluding carboxylic acids is 4. The van der Waals surface area contributed by atoms with Gasteiger partial charge in [-0.2, -0.15) is 9.97 Å². The van der Waals surface area contributed by atoms with E-state index in [-0.39, 0.29) is 48.7 Å². The van der Waals surface area contributed by atoms with E-state index >= 15 is 0 Å². The molecule has 4 amide bonds. The van der Waals surface area contributed by atoms with E-state index in [9.17, 15) is 29.4 Å². The maximum atomic E-state index is 13.3. The van der Waals surface area contributed by atoms with Gasteiger partial charge >= 0.3 is 12.0 Å². The summed E-state index contributed by atoms with van der Waals surface area (Å²) in [5.74, 6) is 0.0191. The number of urea groups is 1. The van der Waals surface area contributed by atoms with Crippen molar-refractivity contribution >= 4 is 46.7 Å². The van der Waals surface area contributed by atoms with E-state index in [1.54, 1.807) is 47.0 Å². The van der Waals surface area contributed by atoms with Crippen LogP contribution in [0.15, 0.2) is 91.3 Å². The van der Waals surface area contributed by atoms with Crippen molar-refractivity contribution in [1.82, 2.24) is 40.4 Å². The Labute approximate surface area is 358 Å². The summed E-state index contributed by atoms with van der Waals surface area (Å²) < 4.78 is 6.50. The van der Waals surface area contributed by atoms with E-state index in [0.29, 0.717) is 79.6 Å².